The molecule has 2 heterocycles. The van der Waals surface area contributed by atoms with Crippen LogP contribution in [-0.2, 0) is 11.2 Å². The van der Waals surface area contributed by atoms with E-state index in [1.807, 2.05) is 97.7 Å². The quantitative estimate of drug-likeness (QED) is 0.264. The zero-order valence-electron chi connectivity index (χ0n) is 22.4. The molecular weight excluding hydrogens is 470 g/mol. The average molecular weight is 506 g/mol. The number of benzene rings is 3. The van der Waals surface area contributed by atoms with Crippen molar-refractivity contribution in [2.24, 2.45) is 0 Å². The Morgan fingerprint density at radius 3 is 2.21 bits per heavy atom. The van der Waals surface area contributed by atoms with Gasteiger partial charge >= 0.3 is 0 Å². The third-order valence-electron chi connectivity index (χ3n) is 7.31. The van der Waals surface area contributed by atoms with Crippen LogP contribution in [0.15, 0.2) is 97.2 Å². The number of nitrogens with zero attached hydrogens (tertiary/aromatic N) is 3. The van der Waals surface area contributed by atoms with Crippen LogP contribution in [0.1, 0.15) is 66.8 Å². The van der Waals surface area contributed by atoms with Gasteiger partial charge in [0.05, 0.1) is 17.1 Å². The molecular formula is C33H35N3O2. The van der Waals surface area contributed by atoms with Crippen LogP contribution < -0.4 is 4.90 Å². The van der Waals surface area contributed by atoms with Crippen LogP contribution >= 0.6 is 0 Å². The molecule has 1 aliphatic rings. The van der Waals surface area contributed by atoms with Crippen molar-refractivity contribution in [2.45, 2.75) is 52.1 Å². The summed E-state index contributed by atoms with van der Waals surface area (Å²) in [7, 11) is 0. The Morgan fingerprint density at radius 1 is 0.842 bits per heavy atom. The number of hydrogen-bond acceptors (Lipinski definition) is 2. The normalized spacial score (nSPS) is 14.2. The summed E-state index contributed by atoms with van der Waals surface area (Å²) in [6, 6.07) is 29.6. The highest BCUT2D eigenvalue weighted by molar-refractivity contribution is 6.02. The maximum Gasteiger partial charge on any atom is 0.254 e. The summed E-state index contributed by atoms with van der Waals surface area (Å²) in [6.45, 7) is 6.10. The van der Waals surface area contributed by atoms with Crippen LogP contribution in [0.2, 0.25) is 0 Å². The molecule has 0 radical (unpaired) electrons. The minimum absolute atomic E-state index is 0.00748. The lowest BCUT2D eigenvalue weighted by atomic mass is 9.97. The Hall–Kier alpha value is -4.12. The molecule has 0 bridgehead atoms. The fraction of sp³-hybridized carbons (Fsp3) is 0.273. The maximum atomic E-state index is 14.2. The van der Waals surface area contributed by atoms with Gasteiger partial charge < -0.3 is 9.47 Å². The fourth-order valence-electron chi connectivity index (χ4n) is 5.28. The minimum Gasteiger partial charge on any atom is -0.327 e. The molecule has 4 aromatic rings. The predicted octanol–water partition coefficient (Wildman–Crippen LogP) is 6.81. The molecule has 5 rings (SSSR count). The average Bonchev–Trinajstić information content (AvgIpc) is 3.44. The van der Waals surface area contributed by atoms with Gasteiger partial charge in [-0.25, -0.2) is 0 Å². The van der Waals surface area contributed by atoms with Gasteiger partial charge in [-0.3, -0.25) is 14.5 Å². The molecule has 38 heavy (non-hydrogen) atoms. The van der Waals surface area contributed by atoms with Crippen LogP contribution in [0.5, 0.6) is 0 Å². The van der Waals surface area contributed by atoms with Gasteiger partial charge in [0, 0.05) is 17.8 Å². The van der Waals surface area contributed by atoms with Crippen LogP contribution in [-0.4, -0.2) is 33.9 Å². The molecule has 1 atom stereocenters. The van der Waals surface area contributed by atoms with Crippen molar-refractivity contribution in [1.82, 2.24) is 9.47 Å². The number of unbranched alkanes of at least 4 members (excludes halogenated alkanes) is 1. The molecule has 0 saturated carbocycles. The molecule has 0 spiro atoms. The third kappa shape index (κ3) is 4.89. The number of anilines is 1. The Bertz CT molecular complexity index is 1410. The first-order valence-electron chi connectivity index (χ1n) is 13.5. The minimum atomic E-state index is -0.296. The number of rotatable bonds is 8. The molecule has 194 valence electrons. The van der Waals surface area contributed by atoms with E-state index in [2.05, 4.69) is 29.7 Å². The summed E-state index contributed by atoms with van der Waals surface area (Å²) >= 11 is 0. The SMILES string of the molecule is CCCCc1ccc(C(=O)N(CC(=O)N2c3ccccc3-n3cccc3[C@H]2c2ccccc2)C(C)C)cc1. The van der Waals surface area contributed by atoms with Gasteiger partial charge in [-0.2, -0.15) is 0 Å². The highest BCUT2D eigenvalue weighted by atomic mass is 16.2. The lowest BCUT2D eigenvalue weighted by Crippen LogP contribution is -2.48. The monoisotopic (exact) mass is 505 g/mol. The standard InChI is InChI=1S/C33H35N3O2/c1-4-5-12-25-18-20-27(21-19-25)33(38)35(24(2)3)23-31(37)36-29-16-10-9-15-28(29)34-22-11-17-30(34)32(36)26-13-7-6-8-14-26/h6-11,13-22,24,32H,4-5,12,23H2,1-3H3/t32-/m1/s1. The smallest absolute Gasteiger partial charge is 0.254 e. The Kier molecular flexibility index (Phi) is 7.45. The van der Waals surface area contributed by atoms with E-state index in [4.69, 9.17) is 0 Å². The molecule has 1 aromatic heterocycles. The van der Waals surface area contributed by atoms with Gasteiger partial charge in [-0.1, -0.05) is 67.9 Å². The lowest BCUT2D eigenvalue weighted by molar-refractivity contribution is -0.120. The summed E-state index contributed by atoms with van der Waals surface area (Å²) in [5, 5.41) is 0. The van der Waals surface area contributed by atoms with Crippen molar-refractivity contribution in [3.05, 3.63) is 120 Å². The molecule has 5 heteroatoms. The van der Waals surface area contributed by atoms with Gasteiger partial charge in [0.25, 0.3) is 5.91 Å². The Morgan fingerprint density at radius 2 is 1.53 bits per heavy atom. The first-order chi connectivity index (χ1) is 18.5. The number of hydrogen-bond donors (Lipinski definition) is 0. The van der Waals surface area contributed by atoms with E-state index in [1.54, 1.807) is 4.90 Å². The molecule has 3 aromatic carbocycles. The highest BCUT2D eigenvalue weighted by Gasteiger charge is 2.37. The van der Waals surface area contributed by atoms with Crippen molar-refractivity contribution in [1.29, 1.82) is 0 Å². The van der Waals surface area contributed by atoms with E-state index in [9.17, 15) is 9.59 Å². The van der Waals surface area contributed by atoms with Crippen molar-refractivity contribution in [3.63, 3.8) is 0 Å². The maximum absolute atomic E-state index is 14.2. The summed E-state index contributed by atoms with van der Waals surface area (Å²) < 4.78 is 2.16. The summed E-state index contributed by atoms with van der Waals surface area (Å²) in [5.74, 6) is -0.235. The van der Waals surface area contributed by atoms with Crippen LogP contribution in [0, 0.1) is 0 Å². The summed E-state index contributed by atoms with van der Waals surface area (Å²) in [6.07, 6.45) is 5.32. The largest absolute Gasteiger partial charge is 0.327 e. The Labute approximate surface area is 225 Å². The molecule has 2 amide bonds. The summed E-state index contributed by atoms with van der Waals surface area (Å²) in [5.41, 5.74) is 5.69. The van der Waals surface area contributed by atoms with E-state index < -0.39 is 0 Å². The summed E-state index contributed by atoms with van der Waals surface area (Å²) in [4.78, 5) is 31.4. The van der Waals surface area contributed by atoms with Crippen LogP contribution in [0.3, 0.4) is 0 Å². The number of aryl methyl sites for hydroxylation is 1. The first kappa shape index (κ1) is 25.5. The molecule has 0 unspecified atom stereocenters. The number of amides is 2. The zero-order valence-corrected chi connectivity index (χ0v) is 22.4. The van der Waals surface area contributed by atoms with Crippen molar-refractivity contribution in [3.8, 4) is 5.69 Å². The van der Waals surface area contributed by atoms with Crippen molar-refractivity contribution in [2.75, 3.05) is 11.4 Å². The van der Waals surface area contributed by atoms with Gasteiger partial charge in [0.2, 0.25) is 5.91 Å². The molecule has 1 aliphatic heterocycles. The number of para-hydroxylation sites is 2. The van der Waals surface area contributed by atoms with Gasteiger partial charge in [0.1, 0.15) is 12.6 Å². The molecule has 0 N–H and O–H groups in total. The van der Waals surface area contributed by atoms with E-state index in [-0.39, 0.29) is 30.4 Å². The first-order valence-corrected chi connectivity index (χ1v) is 13.5. The van der Waals surface area contributed by atoms with E-state index in [1.165, 1.54) is 5.56 Å². The van der Waals surface area contributed by atoms with E-state index in [0.29, 0.717) is 5.56 Å². The second-order valence-electron chi connectivity index (χ2n) is 10.2. The van der Waals surface area contributed by atoms with Gasteiger partial charge in [-0.15, -0.1) is 0 Å². The fourth-order valence-corrected chi connectivity index (χ4v) is 5.28. The molecule has 0 aliphatic carbocycles. The second kappa shape index (κ2) is 11.1. The highest BCUT2D eigenvalue weighted by Crippen LogP contribution is 2.42. The van der Waals surface area contributed by atoms with Crippen LogP contribution in [0.25, 0.3) is 5.69 Å². The molecule has 5 nitrogen and oxygen atoms in total. The topological polar surface area (TPSA) is 45.6 Å². The Balaban J connectivity index is 1.48. The number of carbonyl (C=O) groups is 2. The molecule has 0 fully saturated rings. The van der Waals surface area contributed by atoms with Gasteiger partial charge in [-0.05, 0) is 74.2 Å². The van der Waals surface area contributed by atoms with Gasteiger partial charge in [0.15, 0.2) is 0 Å². The van der Waals surface area contributed by atoms with Crippen LogP contribution in [0.4, 0.5) is 5.69 Å². The second-order valence-corrected chi connectivity index (χ2v) is 10.2. The predicted molar refractivity (Wildman–Crippen MR) is 153 cm³/mol. The molecule has 0 saturated heterocycles. The third-order valence-corrected chi connectivity index (χ3v) is 7.31. The number of aromatic nitrogens is 1. The van der Waals surface area contributed by atoms with Crippen molar-refractivity contribution >= 4 is 17.5 Å². The zero-order chi connectivity index (χ0) is 26.6. The number of carbonyl (C=O) groups excluding carboxylic acids is 2. The van der Waals surface area contributed by atoms with E-state index in [0.717, 1.165) is 41.9 Å². The van der Waals surface area contributed by atoms with E-state index >= 15 is 0 Å². The number of fused-ring (bicyclic) bond motifs is 3. The lowest BCUT2D eigenvalue weighted by Gasteiger charge is -2.40. The van der Waals surface area contributed by atoms with Crippen molar-refractivity contribution < 1.29 is 9.59 Å².